The number of hydrogen-bond donors (Lipinski definition) is 1. The van der Waals surface area contributed by atoms with E-state index in [9.17, 15) is 9.59 Å². The molecule has 0 spiro atoms. The fourth-order valence-electron chi connectivity index (χ4n) is 4.25. The molecule has 1 amide bonds. The number of hydrogen-bond acceptors (Lipinski definition) is 8. The maximum Gasteiger partial charge on any atom is 0.341 e. The van der Waals surface area contributed by atoms with Crippen LogP contribution >= 0.6 is 23.1 Å². The van der Waals surface area contributed by atoms with Gasteiger partial charge in [0.2, 0.25) is 5.91 Å². The first-order chi connectivity index (χ1) is 18.6. The van der Waals surface area contributed by atoms with Crippen molar-refractivity contribution in [3.05, 3.63) is 75.4 Å². The zero-order valence-corrected chi connectivity index (χ0v) is 24.8. The largest absolute Gasteiger partial charge is 0.482 e. The van der Waals surface area contributed by atoms with Gasteiger partial charge in [0.25, 0.3) is 0 Å². The Balaban J connectivity index is 1.45. The summed E-state index contributed by atoms with van der Waals surface area (Å²) in [5.41, 5.74) is 6.37. The van der Waals surface area contributed by atoms with Crippen molar-refractivity contribution in [2.75, 3.05) is 18.2 Å². The first kappa shape index (κ1) is 28.4. The maximum atomic E-state index is 12.9. The van der Waals surface area contributed by atoms with Crippen molar-refractivity contribution in [1.82, 2.24) is 14.8 Å². The summed E-state index contributed by atoms with van der Waals surface area (Å²) in [6.45, 7) is 9.97. The fourth-order valence-corrected chi connectivity index (χ4v) is 5.93. The van der Waals surface area contributed by atoms with Crippen molar-refractivity contribution in [2.45, 2.75) is 45.9 Å². The third-order valence-corrected chi connectivity index (χ3v) is 8.23. The zero-order valence-electron chi connectivity index (χ0n) is 23.1. The Morgan fingerprint density at radius 3 is 2.46 bits per heavy atom. The number of benzene rings is 2. The number of methoxy groups -OCH3 is 1. The molecule has 0 aliphatic rings. The first-order valence-electron chi connectivity index (χ1n) is 12.4. The number of nitrogens with zero attached hydrogens (tertiary/aromatic N) is 3. The SMILES string of the molecule is COC(=O)c1c(-c2cc(C)ccc2C)csc1NC(=O)CSc1nnc(C(C)Oc2ccc(C)cc2C)n1C. The molecular formula is C29H32N4O4S2. The van der Waals surface area contributed by atoms with Gasteiger partial charge in [-0.3, -0.25) is 4.79 Å². The lowest BCUT2D eigenvalue weighted by molar-refractivity contribution is -0.113. The van der Waals surface area contributed by atoms with Crippen LogP contribution in [0.4, 0.5) is 5.00 Å². The normalized spacial score (nSPS) is 11.8. The molecule has 39 heavy (non-hydrogen) atoms. The average molecular weight is 565 g/mol. The van der Waals surface area contributed by atoms with Crippen molar-refractivity contribution in [3.8, 4) is 16.9 Å². The van der Waals surface area contributed by atoms with Crippen LogP contribution in [-0.4, -0.2) is 39.5 Å². The van der Waals surface area contributed by atoms with Crippen LogP contribution in [0.5, 0.6) is 5.75 Å². The molecule has 204 valence electrons. The Bertz CT molecular complexity index is 1530. The van der Waals surface area contributed by atoms with Crippen LogP contribution in [0.1, 0.15) is 51.5 Å². The second-order valence-electron chi connectivity index (χ2n) is 9.43. The minimum Gasteiger partial charge on any atom is -0.482 e. The summed E-state index contributed by atoms with van der Waals surface area (Å²) in [5.74, 6) is 0.786. The minimum atomic E-state index is -0.495. The number of ether oxygens (including phenoxy) is 2. The van der Waals surface area contributed by atoms with Crippen molar-refractivity contribution in [3.63, 3.8) is 0 Å². The van der Waals surface area contributed by atoms with Gasteiger partial charge in [-0.2, -0.15) is 0 Å². The van der Waals surface area contributed by atoms with E-state index in [0.717, 1.165) is 33.6 Å². The molecule has 10 heteroatoms. The van der Waals surface area contributed by atoms with Gasteiger partial charge in [0.1, 0.15) is 16.3 Å². The number of carbonyl (C=O) groups excluding carboxylic acids is 2. The van der Waals surface area contributed by atoms with Gasteiger partial charge >= 0.3 is 5.97 Å². The first-order valence-corrected chi connectivity index (χ1v) is 14.3. The molecule has 1 N–H and O–H groups in total. The number of carbonyl (C=O) groups is 2. The van der Waals surface area contributed by atoms with Crippen LogP contribution in [-0.2, 0) is 16.6 Å². The highest BCUT2D eigenvalue weighted by Crippen LogP contribution is 2.38. The molecule has 0 bridgehead atoms. The highest BCUT2D eigenvalue weighted by molar-refractivity contribution is 7.99. The second-order valence-corrected chi connectivity index (χ2v) is 11.3. The molecule has 2 aromatic heterocycles. The number of aryl methyl sites for hydroxylation is 4. The number of nitrogens with one attached hydrogen (secondary N) is 1. The second kappa shape index (κ2) is 12.0. The fraction of sp³-hybridized carbons (Fsp3) is 0.310. The van der Waals surface area contributed by atoms with Crippen molar-refractivity contribution in [2.24, 2.45) is 7.05 Å². The minimum absolute atomic E-state index is 0.0929. The smallest absolute Gasteiger partial charge is 0.341 e. The quantitative estimate of drug-likeness (QED) is 0.185. The molecule has 0 saturated heterocycles. The van der Waals surface area contributed by atoms with E-state index in [1.54, 1.807) is 0 Å². The Morgan fingerprint density at radius 1 is 1.03 bits per heavy atom. The molecule has 0 saturated carbocycles. The summed E-state index contributed by atoms with van der Waals surface area (Å²) in [4.78, 5) is 25.6. The Kier molecular flexibility index (Phi) is 8.76. The predicted molar refractivity (Wildman–Crippen MR) is 156 cm³/mol. The lowest BCUT2D eigenvalue weighted by Crippen LogP contribution is -2.16. The third-order valence-electron chi connectivity index (χ3n) is 6.32. The number of amides is 1. The summed E-state index contributed by atoms with van der Waals surface area (Å²) < 4.78 is 13.0. The number of rotatable bonds is 9. The van der Waals surface area contributed by atoms with E-state index in [1.807, 2.05) is 81.9 Å². The average Bonchev–Trinajstić information content (AvgIpc) is 3.48. The van der Waals surface area contributed by atoms with Gasteiger partial charge in [0.15, 0.2) is 17.1 Å². The molecule has 0 aliphatic heterocycles. The van der Waals surface area contributed by atoms with Gasteiger partial charge in [-0.1, -0.05) is 53.2 Å². The maximum absolute atomic E-state index is 12.9. The molecule has 2 heterocycles. The van der Waals surface area contributed by atoms with E-state index in [-0.39, 0.29) is 17.8 Å². The molecule has 4 rings (SSSR count). The topological polar surface area (TPSA) is 95.3 Å². The van der Waals surface area contributed by atoms with E-state index in [0.29, 0.717) is 21.5 Å². The Labute approximate surface area is 236 Å². The van der Waals surface area contributed by atoms with E-state index in [1.165, 1.54) is 35.8 Å². The van der Waals surface area contributed by atoms with Crippen LogP contribution in [0.3, 0.4) is 0 Å². The van der Waals surface area contributed by atoms with Crippen LogP contribution in [0.25, 0.3) is 11.1 Å². The lowest BCUT2D eigenvalue weighted by atomic mass is 9.97. The van der Waals surface area contributed by atoms with Crippen LogP contribution in [0.2, 0.25) is 0 Å². The molecule has 0 fully saturated rings. The summed E-state index contributed by atoms with van der Waals surface area (Å²) >= 11 is 2.56. The predicted octanol–water partition coefficient (Wildman–Crippen LogP) is 6.43. The number of thiophene rings is 1. The highest BCUT2D eigenvalue weighted by Gasteiger charge is 2.24. The number of aromatic nitrogens is 3. The van der Waals surface area contributed by atoms with Crippen molar-refractivity contribution < 1.29 is 19.1 Å². The standard InChI is InChI=1S/C29H32N4O4S2/c1-16-9-11-23(19(4)12-16)37-20(5)26-31-32-29(33(26)6)39-15-24(34)30-27-25(28(35)36-7)22(14-38-27)21-13-17(2)8-10-18(21)3/h8-14,20H,15H2,1-7H3,(H,30,34). The molecule has 1 unspecified atom stereocenters. The van der Waals surface area contributed by atoms with E-state index >= 15 is 0 Å². The molecular weight excluding hydrogens is 532 g/mol. The molecule has 8 nitrogen and oxygen atoms in total. The van der Waals surface area contributed by atoms with Crippen LogP contribution < -0.4 is 10.1 Å². The zero-order chi connectivity index (χ0) is 28.3. The number of anilines is 1. The van der Waals surface area contributed by atoms with E-state index < -0.39 is 5.97 Å². The van der Waals surface area contributed by atoms with Gasteiger partial charge < -0.3 is 19.4 Å². The summed E-state index contributed by atoms with van der Waals surface area (Å²) in [5, 5.41) is 14.4. The number of thioether (sulfide) groups is 1. The van der Waals surface area contributed by atoms with Crippen LogP contribution in [0.15, 0.2) is 46.9 Å². The Morgan fingerprint density at radius 2 is 1.74 bits per heavy atom. The third kappa shape index (κ3) is 6.34. The summed E-state index contributed by atoms with van der Waals surface area (Å²) in [6.07, 6.45) is -0.329. The van der Waals surface area contributed by atoms with Gasteiger partial charge in [-0.25, -0.2) is 4.79 Å². The molecule has 0 radical (unpaired) electrons. The van der Waals surface area contributed by atoms with E-state index in [2.05, 4.69) is 21.6 Å². The molecule has 4 aromatic rings. The van der Waals surface area contributed by atoms with Gasteiger partial charge in [-0.15, -0.1) is 21.5 Å². The van der Waals surface area contributed by atoms with E-state index in [4.69, 9.17) is 9.47 Å². The molecule has 2 aromatic carbocycles. The van der Waals surface area contributed by atoms with Crippen LogP contribution in [0, 0.1) is 27.7 Å². The summed E-state index contributed by atoms with van der Waals surface area (Å²) in [7, 11) is 3.19. The number of esters is 1. The van der Waals surface area contributed by atoms with Crippen molar-refractivity contribution in [1.29, 1.82) is 0 Å². The monoisotopic (exact) mass is 564 g/mol. The lowest BCUT2D eigenvalue weighted by Gasteiger charge is -2.16. The summed E-state index contributed by atoms with van der Waals surface area (Å²) in [6, 6.07) is 12.1. The van der Waals surface area contributed by atoms with Gasteiger partial charge in [-0.05, 0) is 57.4 Å². The Hall–Kier alpha value is -3.63. The van der Waals surface area contributed by atoms with Gasteiger partial charge in [0, 0.05) is 18.0 Å². The molecule has 1 atom stereocenters. The highest BCUT2D eigenvalue weighted by atomic mass is 32.2. The van der Waals surface area contributed by atoms with Gasteiger partial charge in [0.05, 0.1) is 12.9 Å². The molecule has 0 aliphatic carbocycles. The van der Waals surface area contributed by atoms with Crippen molar-refractivity contribution >= 4 is 40.0 Å².